The van der Waals surface area contributed by atoms with Crippen LogP contribution in [0.1, 0.15) is 13.8 Å². The van der Waals surface area contributed by atoms with E-state index in [4.69, 9.17) is 0 Å². The van der Waals surface area contributed by atoms with Gasteiger partial charge in [-0.05, 0) is 49.3 Å². The molecule has 5 heteroatoms. The number of allylic oxidation sites excluding steroid dienone is 4. The maximum atomic E-state index is 11.7. The van der Waals surface area contributed by atoms with Crippen LogP contribution in [-0.2, 0) is 11.8 Å². The zero-order valence-corrected chi connectivity index (χ0v) is 12.9. The number of thiazole rings is 1. The molecule has 1 aliphatic rings. The first kappa shape index (κ1) is 13.7. The van der Waals surface area contributed by atoms with Crippen LogP contribution in [-0.4, -0.2) is 16.1 Å². The Kier molecular flexibility index (Phi) is 3.43. The van der Waals surface area contributed by atoms with E-state index in [2.05, 4.69) is 22.3 Å². The number of benzene rings is 1. The summed E-state index contributed by atoms with van der Waals surface area (Å²) in [6.45, 7) is 3.60. The molecule has 0 saturated heterocycles. The van der Waals surface area contributed by atoms with Gasteiger partial charge in [-0.15, -0.1) is 10.2 Å². The van der Waals surface area contributed by atoms with E-state index in [1.807, 2.05) is 23.7 Å². The third kappa shape index (κ3) is 2.52. The van der Waals surface area contributed by atoms with Crippen LogP contribution >= 0.6 is 11.3 Å². The first-order chi connectivity index (χ1) is 10.1. The van der Waals surface area contributed by atoms with Gasteiger partial charge in [-0.1, -0.05) is 23.5 Å². The van der Waals surface area contributed by atoms with Crippen molar-refractivity contribution in [2.45, 2.75) is 13.8 Å². The second kappa shape index (κ2) is 5.26. The third-order valence-electron chi connectivity index (χ3n) is 3.41. The second-order valence-electron chi connectivity index (χ2n) is 5.02. The summed E-state index contributed by atoms with van der Waals surface area (Å²) in [5.74, 6) is 0.0707. The minimum atomic E-state index is 0.0707. The van der Waals surface area contributed by atoms with Crippen molar-refractivity contribution in [1.29, 1.82) is 0 Å². The van der Waals surface area contributed by atoms with Crippen LogP contribution in [0.25, 0.3) is 10.2 Å². The molecule has 0 aliphatic heterocycles. The Morgan fingerprint density at radius 3 is 2.38 bits per heavy atom. The average Bonchev–Trinajstić information content (AvgIpc) is 2.79. The Bertz CT molecular complexity index is 870. The predicted octanol–water partition coefficient (Wildman–Crippen LogP) is 2.97. The lowest BCUT2D eigenvalue weighted by atomic mass is 9.98. The number of para-hydroxylation sites is 1. The van der Waals surface area contributed by atoms with Gasteiger partial charge in [-0.3, -0.25) is 4.79 Å². The van der Waals surface area contributed by atoms with Gasteiger partial charge in [-0.2, -0.15) is 0 Å². The summed E-state index contributed by atoms with van der Waals surface area (Å²) in [4.78, 5) is 12.5. The fraction of sp³-hybridized carbons (Fsp3) is 0.188. The van der Waals surface area contributed by atoms with E-state index >= 15 is 0 Å². The number of Topliss-reactive ketones (excluding diaryl/α,β-unsaturated/α-hetero) is 1. The predicted molar refractivity (Wildman–Crippen MR) is 86.3 cm³/mol. The van der Waals surface area contributed by atoms with Crippen LogP contribution in [0.2, 0.25) is 0 Å². The number of nitrogens with zero attached hydrogens (tertiary/aromatic N) is 3. The van der Waals surface area contributed by atoms with Gasteiger partial charge in [0.25, 0.3) is 0 Å². The SMILES string of the molecule is CC1=CC(=N/N=c2\sc3ccccc3n2C)C=C(C)C1=O. The van der Waals surface area contributed by atoms with Gasteiger partial charge < -0.3 is 4.57 Å². The molecule has 1 heterocycles. The molecule has 0 fully saturated rings. The zero-order valence-electron chi connectivity index (χ0n) is 12.1. The van der Waals surface area contributed by atoms with Crippen LogP contribution in [0.5, 0.6) is 0 Å². The summed E-state index contributed by atoms with van der Waals surface area (Å²) in [7, 11) is 1.98. The normalized spacial score (nSPS) is 16.2. The van der Waals surface area contributed by atoms with E-state index in [0.717, 1.165) is 10.3 Å². The molecule has 0 N–H and O–H groups in total. The number of carbonyl (C=O) groups excluding carboxylic acids is 1. The van der Waals surface area contributed by atoms with Crippen LogP contribution in [0, 0.1) is 0 Å². The van der Waals surface area contributed by atoms with Gasteiger partial charge in [0.05, 0.1) is 15.9 Å². The van der Waals surface area contributed by atoms with E-state index in [0.29, 0.717) is 16.9 Å². The minimum absolute atomic E-state index is 0.0707. The maximum absolute atomic E-state index is 11.7. The van der Waals surface area contributed by atoms with Crippen molar-refractivity contribution in [3.05, 3.63) is 52.4 Å². The number of rotatable bonds is 1. The molecular formula is C16H15N3OS. The highest BCUT2D eigenvalue weighted by Crippen LogP contribution is 2.15. The van der Waals surface area contributed by atoms with E-state index in [9.17, 15) is 4.79 Å². The first-order valence-corrected chi connectivity index (χ1v) is 7.45. The van der Waals surface area contributed by atoms with Crippen molar-refractivity contribution in [3.63, 3.8) is 0 Å². The molecule has 1 aliphatic carbocycles. The smallest absolute Gasteiger partial charge is 0.211 e. The van der Waals surface area contributed by atoms with Crippen LogP contribution in [0.3, 0.4) is 0 Å². The molecule has 0 unspecified atom stereocenters. The number of ketones is 1. The fourth-order valence-corrected chi connectivity index (χ4v) is 3.23. The number of hydrogen-bond donors (Lipinski definition) is 0. The molecule has 0 radical (unpaired) electrons. The van der Waals surface area contributed by atoms with Crippen molar-refractivity contribution in [2.24, 2.45) is 17.3 Å². The van der Waals surface area contributed by atoms with E-state index in [1.54, 1.807) is 37.3 Å². The summed E-state index contributed by atoms with van der Waals surface area (Å²) < 4.78 is 3.20. The highest BCUT2D eigenvalue weighted by Gasteiger charge is 2.13. The Hall–Kier alpha value is -2.27. The molecule has 0 spiro atoms. The van der Waals surface area contributed by atoms with E-state index < -0.39 is 0 Å². The topological polar surface area (TPSA) is 46.7 Å². The lowest BCUT2D eigenvalue weighted by Gasteiger charge is -2.06. The maximum Gasteiger partial charge on any atom is 0.211 e. The number of aromatic nitrogens is 1. The van der Waals surface area contributed by atoms with Gasteiger partial charge in [0.2, 0.25) is 4.80 Å². The van der Waals surface area contributed by atoms with Crippen LogP contribution < -0.4 is 4.80 Å². The number of fused-ring (bicyclic) bond motifs is 1. The van der Waals surface area contributed by atoms with Crippen molar-refractivity contribution in [2.75, 3.05) is 0 Å². The molecule has 0 bridgehead atoms. The highest BCUT2D eigenvalue weighted by molar-refractivity contribution is 7.16. The molecule has 0 atom stereocenters. The van der Waals surface area contributed by atoms with E-state index in [-0.39, 0.29) is 5.78 Å². The monoisotopic (exact) mass is 297 g/mol. The van der Waals surface area contributed by atoms with E-state index in [1.165, 1.54) is 4.70 Å². The first-order valence-electron chi connectivity index (χ1n) is 6.64. The van der Waals surface area contributed by atoms with Gasteiger partial charge in [0, 0.05) is 7.05 Å². The molecule has 1 aromatic carbocycles. The third-order valence-corrected chi connectivity index (χ3v) is 4.51. The highest BCUT2D eigenvalue weighted by atomic mass is 32.1. The summed E-state index contributed by atoms with van der Waals surface area (Å²) in [6.07, 6.45) is 3.54. The summed E-state index contributed by atoms with van der Waals surface area (Å²) in [5.41, 5.74) is 3.25. The largest absolute Gasteiger partial charge is 0.318 e. The summed E-state index contributed by atoms with van der Waals surface area (Å²) in [6, 6.07) is 8.15. The quantitative estimate of drug-likeness (QED) is 0.589. The fourth-order valence-electron chi connectivity index (χ4n) is 2.26. The van der Waals surface area contributed by atoms with Crippen molar-refractivity contribution in [3.8, 4) is 0 Å². The molecule has 3 rings (SSSR count). The van der Waals surface area contributed by atoms with Crippen LogP contribution in [0.4, 0.5) is 0 Å². The van der Waals surface area contributed by atoms with Gasteiger partial charge in [0.15, 0.2) is 5.78 Å². The molecule has 106 valence electrons. The zero-order chi connectivity index (χ0) is 15.0. The van der Waals surface area contributed by atoms with Gasteiger partial charge >= 0.3 is 0 Å². The summed E-state index contributed by atoms with van der Waals surface area (Å²) in [5, 5.41) is 8.60. The standard InChI is InChI=1S/C16H15N3OS/c1-10-8-12(9-11(2)15(10)20)17-18-16-19(3)13-6-4-5-7-14(13)21-16/h4-9H,1-3H3/b18-16-. The lowest BCUT2D eigenvalue weighted by Crippen LogP contribution is -2.12. The molecule has 0 amide bonds. The summed E-state index contributed by atoms with van der Waals surface area (Å²) >= 11 is 1.60. The molecule has 2 aromatic rings. The number of hydrogen-bond acceptors (Lipinski definition) is 4. The Balaban J connectivity index is 2.08. The van der Waals surface area contributed by atoms with Gasteiger partial charge in [-0.25, -0.2) is 0 Å². The molecule has 1 aromatic heterocycles. The molecular weight excluding hydrogens is 282 g/mol. The van der Waals surface area contributed by atoms with Gasteiger partial charge in [0.1, 0.15) is 0 Å². The van der Waals surface area contributed by atoms with Crippen molar-refractivity contribution < 1.29 is 4.79 Å². The Morgan fingerprint density at radius 2 is 1.71 bits per heavy atom. The molecule has 4 nitrogen and oxygen atoms in total. The average molecular weight is 297 g/mol. The van der Waals surface area contributed by atoms with Crippen molar-refractivity contribution in [1.82, 2.24) is 4.57 Å². The number of aryl methyl sites for hydroxylation is 1. The molecule has 0 saturated carbocycles. The lowest BCUT2D eigenvalue weighted by molar-refractivity contribution is -0.112. The van der Waals surface area contributed by atoms with Crippen LogP contribution in [0.15, 0.2) is 57.8 Å². The Labute approximate surface area is 126 Å². The number of carbonyl (C=O) groups is 1. The Morgan fingerprint density at radius 1 is 1.05 bits per heavy atom. The molecule has 21 heavy (non-hydrogen) atoms. The van der Waals surface area contributed by atoms with Crippen molar-refractivity contribution >= 4 is 33.0 Å². The minimum Gasteiger partial charge on any atom is -0.318 e. The second-order valence-corrected chi connectivity index (χ2v) is 6.03.